The SMILES string of the molecule is O=C(O)CCCCNC(=O)c1cnn(-c2ccc(Br)cc2)c1. The summed E-state index contributed by atoms with van der Waals surface area (Å²) < 4.78 is 2.61. The van der Waals surface area contributed by atoms with Crippen LogP contribution in [0.5, 0.6) is 0 Å². The van der Waals surface area contributed by atoms with E-state index in [-0.39, 0.29) is 12.3 Å². The molecule has 0 spiro atoms. The average molecular weight is 366 g/mol. The van der Waals surface area contributed by atoms with E-state index in [9.17, 15) is 9.59 Å². The number of halogens is 1. The third-order valence-electron chi connectivity index (χ3n) is 3.04. The summed E-state index contributed by atoms with van der Waals surface area (Å²) in [6.07, 6.45) is 4.48. The molecule has 7 heteroatoms. The minimum absolute atomic E-state index is 0.122. The first-order valence-electron chi connectivity index (χ1n) is 6.87. The van der Waals surface area contributed by atoms with Crippen molar-refractivity contribution in [3.05, 3.63) is 46.7 Å². The van der Waals surface area contributed by atoms with Crippen LogP contribution < -0.4 is 5.32 Å². The number of nitrogens with zero attached hydrogens (tertiary/aromatic N) is 2. The molecule has 22 heavy (non-hydrogen) atoms. The van der Waals surface area contributed by atoms with Gasteiger partial charge in [0.2, 0.25) is 0 Å². The zero-order valence-corrected chi connectivity index (χ0v) is 13.4. The lowest BCUT2D eigenvalue weighted by atomic mass is 10.2. The van der Waals surface area contributed by atoms with Gasteiger partial charge in [-0.3, -0.25) is 9.59 Å². The quantitative estimate of drug-likeness (QED) is 0.738. The monoisotopic (exact) mass is 365 g/mol. The Kier molecular flexibility index (Phi) is 5.71. The molecule has 0 saturated carbocycles. The maximum absolute atomic E-state index is 12.0. The minimum atomic E-state index is -0.817. The summed E-state index contributed by atoms with van der Waals surface area (Å²) in [4.78, 5) is 22.3. The Morgan fingerprint density at radius 3 is 2.64 bits per heavy atom. The van der Waals surface area contributed by atoms with E-state index < -0.39 is 5.97 Å². The van der Waals surface area contributed by atoms with Crippen molar-refractivity contribution in [1.29, 1.82) is 0 Å². The van der Waals surface area contributed by atoms with Gasteiger partial charge in [0.15, 0.2) is 0 Å². The number of hydrogen-bond donors (Lipinski definition) is 2. The van der Waals surface area contributed by atoms with Crippen molar-refractivity contribution in [2.75, 3.05) is 6.54 Å². The smallest absolute Gasteiger partial charge is 0.303 e. The van der Waals surface area contributed by atoms with Gasteiger partial charge in [-0.25, -0.2) is 4.68 Å². The highest BCUT2D eigenvalue weighted by Gasteiger charge is 2.09. The zero-order valence-electron chi connectivity index (χ0n) is 11.8. The number of carboxylic acid groups (broad SMARTS) is 1. The van der Waals surface area contributed by atoms with E-state index in [0.717, 1.165) is 10.2 Å². The fraction of sp³-hybridized carbons (Fsp3) is 0.267. The first kappa shape index (κ1) is 16.2. The Bertz CT molecular complexity index is 652. The topological polar surface area (TPSA) is 84.2 Å². The fourth-order valence-corrected chi connectivity index (χ4v) is 2.14. The van der Waals surface area contributed by atoms with Crippen LogP contribution in [0.1, 0.15) is 29.6 Å². The Hall–Kier alpha value is -2.15. The summed E-state index contributed by atoms with van der Waals surface area (Å²) >= 11 is 3.37. The first-order chi connectivity index (χ1) is 10.6. The molecule has 2 N–H and O–H groups in total. The first-order valence-corrected chi connectivity index (χ1v) is 7.66. The van der Waals surface area contributed by atoms with Crippen molar-refractivity contribution in [3.63, 3.8) is 0 Å². The number of carbonyl (C=O) groups excluding carboxylic acids is 1. The zero-order chi connectivity index (χ0) is 15.9. The normalized spacial score (nSPS) is 10.4. The third-order valence-corrected chi connectivity index (χ3v) is 3.57. The molecule has 1 heterocycles. The predicted octanol–water partition coefficient (Wildman–Crippen LogP) is 2.62. The molecule has 0 saturated heterocycles. The number of aliphatic carboxylic acids is 1. The minimum Gasteiger partial charge on any atom is -0.481 e. The second kappa shape index (κ2) is 7.74. The van der Waals surface area contributed by atoms with Crippen molar-refractivity contribution in [2.24, 2.45) is 0 Å². The number of amides is 1. The highest BCUT2D eigenvalue weighted by atomic mass is 79.9. The van der Waals surface area contributed by atoms with E-state index in [4.69, 9.17) is 5.11 Å². The summed E-state index contributed by atoms with van der Waals surface area (Å²) in [6.45, 7) is 0.454. The maximum Gasteiger partial charge on any atom is 0.303 e. The molecule has 0 unspecified atom stereocenters. The number of hydrogen-bond acceptors (Lipinski definition) is 3. The number of carbonyl (C=O) groups is 2. The number of aromatic nitrogens is 2. The van der Waals surface area contributed by atoms with Crippen LogP contribution >= 0.6 is 15.9 Å². The number of unbranched alkanes of at least 4 members (excludes halogenated alkanes) is 1. The molecule has 0 aliphatic heterocycles. The summed E-state index contributed by atoms with van der Waals surface area (Å²) in [5.41, 5.74) is 1.34. The Labute approximate surface area is 136 Å². The van der Waals surface area contributed by atoms with E-state index in [0.29, 0.717) is 24.9 Å². The molecule has 1 aromatic heterocycles. The maximum atomic E-state index is 12.0. The summed E-state index contributed by atoms with van der Waals surface area (Å²) in [7, 11) is 0. The van der Waals surface area contributed by atoms with E-state index >= 15 is 0 Å². The van der Waals surface area contributed by atoms with Crippen molar-refractivity contribution in [2.45, 2.75) is 19.3 Å². The highest BCUT2D eigenvalue weighted by Crippen LogP contribution is 2.14. The lowest BCUT2D eigenvalue weighted by Crippen LogP contribution is -2.24. The van der Waals surface area contributed by atoms with Gasteiger partial charge in [-0.1, -0.05) is 15.9 Å². The van der Waals surface area contributed by atoms with Crippen LogP contribution in [0, 0.1) is 0 Å². The number of rotatable bonds is 7. The lowest BCUT2D eigenvalue weighted by molar-refractivity contribution is -0.137. The molecular formula is C15H16BrN3O3. The third kappa shape index (κ3) is 4.70. The van der Waals surface area contributed by atoms with Crippen LogP contribution in [0.3, 0.4) is 0 Å². The van der Waals surface area contributed by atoms with Crippen LogP contribution in [0.4, 0.5) is 0 Å². The molecule has 0 radical (unpaired) electrons. The van der Waals surface area contributed by atoms with Gasteiger partial charge in [0.1, 0.15) is 0 Å². The largest absolute Gasteiger partial charge is 0.481 e. The molecule has 0 atom stereocenters. The summed E-state index contributed by atoms with van der Waals surface area (Å²) in [6, 6.07) is 7.59. The average Bonchev–Trinajstić information content (AvgIpc) is 2.97. The van der Waals surface area contributed by atoms with Crippen molar-refractivity contribution < 1.29 is 14.7 Å². The van der Waals surface area contributed by atoms with Gasteiger partial charge < -0.3 is 10.4 Å². The predicted molar refractivity (Wildman–Crippen MR) is 85.1 cm³/mol. The van der Waals surface area contributed by atoms with Crippen LogP contribution in [0.2, 0.25) is 0 Å². The van der Waals surface area contributed by atoms with E-state index in [1.165, 1.54) is 6.20 Å². The van der Waals surface area contributed by atoms with Gasteiger partial charge in [-0.2, -0.15) is 5.10 Å². The van der Waals surface area contributed by atoms with Crippen LogP contribution in [-0.4, -0.2) is 33.3 Å². The number of carboxylic acids is 1. The van der Waals surface area contributed by atoms with Crippen LogP contribution in [0.15, 0.2) is 41.1 Å². The molecule has 116 valence electrons. The van der Waals surface area contributed by atoms with Crippen LogP contribution in [-0.2, 0) is 4.79 Å². The molecule has 0 bridgehead atoms. The molecule has 0 fully saturated rings. The van der Waals surface area contributed by atoms with E-state index in [1.807, 2.05) is 24.3 Å². The molecule has 0 aliphatic rings. The van der Waals surface area contributed by atoms with Gasteiger partial charge in [0.25, 0.3) is 5.91 Å². The highest BCUT2D eigenvalue weighted by molar-refractivity contribution is 9.10. The molecular weight excluding hydrogens is 350 g/mol. The van der Waals surface area contributed by atoms with Crippen molar-refractivity contribution >= 4 is 27.8 Å². The van der Waals surface area contributed by atoms with Crippen LogP contribution in [0.25, 0.3) is 5.69 Å². The van der Waals surface area contributed by atoms with Crippen molar-refractivity contribution in [3.8, 4) is 5.69 Å². The van der Waals surface area contributed by atoms with Gasteiger partial charge in [0.05, 0.1) is 17.4 Å². The van der Waals surface area contributed by atoms with Gasteiger partial charge in [0, 0.05) is 23.6 Å². The van der Waals surface area contributed by atoms with Gasteiger partial charge in [-0.05, 0) is 37.1 Å². The van der Waals surface area contributed by atoms with E-state index in [1.54, 1.807) is 10.9 Å². The van der Waals surface area contributed by atoms with Gasteiger partial charge in [-0.15, -0.1) is 0 Å². The van der Waals surface area contributed by atoms with E-state index in [2.05, 4.69) is 26.3 Å². The second-order valence-electron chi connectivity index (χ2n) is 4.76. The number of benzene rings is 1. The van der Waals surface area contributed by atoms with Crippen molar-refractivity contribution in [1.82, 2.24) is 15.1 Å². The number of nitrogens with one attached hydrogen (secondary N) is 1. The summed E-state index contributed by atoms with van der Waals surface area (Å²) in [5.74, 6) is -1.03. The molecule has 1 aromatic carbocycles. The Balaban J connectivity index is 1.86. The van der Waals surface area contributed by atoms with Gasteiger partial charge >= 0.3 is 5.97 Å². The summed E-state index contributed by atoms with van der Waals surface area (Å²) in [5, 5.41) is 15.4. The Morgan fingerprint density at radius 2 is 1.95 bits per heavy atom. The second-order valence-corrected chi connectivity index (χ2v) is 5.67. The molecule has 6 nitrogen and oxygen atoms in total. The molecule has 1 amide bonds. The Morgan fingerprint density at radius 1 is 1.23 bits per heavy atom. The fourth-order valence-electron chi connectivity index (χ4n) is 1.88. The lowest BCUT2D eigenvalue weighted by Gasteiger charge is -2.02. The molecule has 2 rings (SSSR count). The standard InChI is InChI=1S/C15H16BrN3O3/c16-12-4-6-13(7-5-12)19-10-11(9-18-19)15(22)17-8-2-1-3-14(20)21/h4-7,9-10H,1-3,8H2,(H,17,22)(H,20,21). The molecule has 2 aromatic rings. The molecule has 0 aliphatic carbocycles.